The Bertz CT molecular complexity index is 319. The first-order valence-corrected chi connectivity index (χ1v) is 3.86. The molecule has 2 N–H and O–H groups in total. The normalized spacial score (nSPS) is 9.69. The molecular weight excluding hydrogens is 172 g/mol. The lowest BCUT2D eigenvalue weighted by atomic mass is 10.1. The van der Waals surface area contributed by atoms with Crippen molar-refractivity contribution in [1.82, 2.24) is 0 Å². The van der Waals surface area contributed by atoms with Crippen LogP contribution in [-0.4, -0.2) is 16.3 Å². The first-order chi connectivity index (χ1) is 6.19. The number of hydrogen-bond acceptors (Lipinski definition) is 3. The number of carboxylic acids is 1. The second-order valence-electron chi connectivity index (χ2n) is 2.58. The zero-order valence-electron chi connectivity index (χ0n) is 7.15. The van der Waals surface area contributed by atoms with Gasteiger partial charge in [0, 0.05) is 0 Å². The maximum atomic E-state index is 10.6. The van der Waals surface area contributed by atoms with Gasteiger partial charge >= 0.3 is 5.97 Å². The molecule has 4 nitrogen and oxygen atoms in total. The Morgan fingerprint density at radius 3 is 2.69 bits per heavy atom. The summed E-state index contributed by atoms with van der Waals surface area (Å²) in [6.07, 6.45) is 0.760. The highest BCUT2D eigenvalue weighted by molar-refractivity contribution is 5.90. The molecule has 4 heteroatoms. The minimum atomic E-state index is -1.12. The molecule has 13 heavy (non-hydrogen) atoms. The first kappa shape index (κ1) is 9.54. The molecule has 0 bridgehead atoms. The summed E-state index contributed by atoms with van der Waals surface area (Å²) in [7, 11) is 0. The highest BCUT2D eigenvalue weighted by Crippen LogP contribution is 2.20. The molecule has 0 saturated heterocycles. The predicted molar refractivity (Wildman–Crippen MR) is 46.0 cm³/mol. The van der Waals surface area contributed by atoms with Gasteiger partial charge < -0.3 is 9.99 Å². The molecule has 0 amide bonds. The summed E-state index contributed by atoms with van der Waals surface area (Å²) in [6.45, 7) is 1.93. The van der Waals surface area contributed by atoms with Crippen LogP contribution < -0.4 is 4.89 Å². The van der Waals surface area contributed by atoms with Crippen LogP contribution in [0.25, 0.3) is 0 Å². The van der Waals surface area contributed by atoms with Gasteiger partial charge in [-0.1, -0.05) is 13.0 Å². The number of rotatable bonds is 3. The highest BCUT2D eigenvalue weighted by atomic mass is 17.1. The molecule has 0 aliphatic heterocycles. The van der Waals surface area contributed by atoms with Crippen molar-refractivity contribution in [2.75, 3.05) is 0 Å². The van der Waals surface area contributed by atoms with E-state index in [0.29, 0.717) is 0 Å². The van der Waals surface area contributed by atoms with Crippen LogP contribution in [0.4, 0.5) is 0 Å². The Morgan fingerprint density at radius 1 is 1.54 bits per heavy atom. The van der Waals surface area contributed by atoms with E-state index in [-0.39, 0.29) is 11.3 Å². The van der Waals surface area contributed by atoms with E-state index in [4.69, 9.17) is 10.4 Å². The van der Waals surface area contributed by atoms with E-state index in [1.807, 2.05) is 6.92 Å². The fraction of sp³-hybridized carbons (Fsp3) is 0.222. The molecule has 1 aromatic carbocycles. The molecule has 0 fully saturated rings. The van der Waals surface area contributed by atoms with Crippen molar-refractivity contribution in [2.45, 2.75) is 13.3 Å². The lowest BCUT2D eigenvalue weighted by molar-refractivity contribution is -0.138. The van der Waals surface area contributed by atoms with E-state index in [2.05, 4.69) is 4.89 Å². The van der Waals surface area contributed by atoms with E-state index in [1.54, 1.807) is 6.07 Å². The van der Waals surface area contributed by atoms with Crippen molar-refractivity contribution in [1.29, 1.82) is 0 Å². The molecule has 0 radical (unpaired) electrons. The molecule has 70 valence electrons. The van der Waals surface area contributed by atoms with E-state index >= 15 is 0 Å². The fourth-order valence-electron chi connectivity index (χ4n) is 1.04. The molecule has 0 saturated carbocycles. The van der Waals surface area contributed by atoms with Crippen LogP contribution >= 0.6 is 0 Å². The molecule has 0 spiro atoms. The van der Waals surface area contributed by atoms with Crippen molar-refractivity contribution < 1.29 is 20.0 Å². The fourth-order valence-corrected chi connectivity index (χ4v) is 1.04. The third-order valence-corrected chi connectivity index (χ3v) is 1.78. The average molecular weight is 182 g/mol. The molecule has 0 atom stereocenters. The van der Waals surface area contributed by atoms with Crippen LogP contribution in [-0.2, 0) is 6.42 Å². The van der Waals surface area contributed by atoms with Gasteiger partial charge in [0.1, 0.15) is 5.56 Å². The molecule has 0 unspecified atom stereocenters. The number of aryl methyl sites for hydroxylation is 1. The zero-order valence-corrected chi connectivity index (χ0v) is 7.15. The van der Waals surface area contributed by atoms with Crippen LogP contribution in [0.1, 0.15) is 22.8 Å². The second-order valence-corrected chi connectivity index (χ2v) is 2.58. The largest absolute Gasteiger partial charge is 0.478 e. The summed E-state index contributed by atoms with van der Waals surface area (Å²) < 4.78 is 0. The lowest BCUT2D eigenvalue weighted by Gasteiger charge is -2.03. The number of carbonyl (C=O) groups is 1. The summed E-state index contributed by atoms with van der Waals surface area (Å²) in [5.74, 6) is -1.14. The third kappa shape index (κ3) is 1.97. The number of benzene rings is 1. The summed E-state index contributed by atoms with van der Waals surface area (Å²) >= 11 is 0. The summed E-state index contributed by atoms with van der Waals surface area (Å²) in [6, 6.07) is 4.60. The predicted octanol–water partition coefficient (Wildman–Crippen LogP) is 1.80. The van der Waals surface area contributed by atoms with Gasteiger partial charge in [-0.05, 0) is 24.1 Å². The Morgan fingerprint density at radius 2 is 2.23 bits per heavy atom. The maximum Gasteiger partial charge on any atom is 0.339 e. The summed E-state index contributed by atoms with van der Waals surface area (Å²) in [5.41, 5.74) is 0.869. The van der Waals surface area contributed by atoms with E-state index < -0.39 is 5.97 Å². The molecule has 0 aromatic heterocycles. The van der Waals surface area contributed by atoms with Crippen LogP contribution in [0.5, 0.6) is 5.75 Å². The minimum Gasteiger partial charge on any atom is -0.478 e. The van der Waals surface area contributed by atoms with E-state index in [9.17, 15) is 4.79 Å². The second kappa shape index (κ2) is 3.91. The third-order valence-electron chi connectivity index (χ3n) is 1.78. The number of aromatic carboxylic acids is 1. The van der Waals surface area contributed by atoms with Gasteiger partial charge in [-0.15, -0.1) is 0 Å². The van der Waals surface area contributed by atoms with Gasteiger partial charge in [0.15, 0.2) is 5.75 Å². The topological polar surface area (TPSA) is 66.8 Å². The van der Waals surface area contributed by atoms with Crippen LogP contribution in [0.3, 0.4) is 0 Å². The van der Waals surface area contributed by atoms with E-state index in [1.165, 1.54) is 12.1 Å². The van der Waals surface area contributed by atoms with Crippen LogP contribution in [0, 0.1) is 0 Å². The highest BCUT2D eigenvalue weighted by Gasteiger charge is 2.11. The van der Waals surface area contributed by atoms with Crippen molar-refractivity contribution in [3.05, 3.63) is 29.3 Å². The monoisotopic (exact) mass is 182 g/mol. The van der Waals surface area contributed by atoms with Gasteiger partial charge in [0.2, 0.25) is 0 Å². The van der Waals surface area contributed by atoms with Crippen molar-refractivity contribution in [3.8, 4) is 5.75 Å². The van der Waals surface area contributed by atoms with Crippen LogP contribution in [0.15, 0.2) is 18.2 Å². The zero-order chi connectivity index (χ0) is 9.84. The lowest BCUT2D eigenvalue weighted by Crippen LogP contribution is -2.01. The smallest absolute Gasteiger partial charge is 0.339 e. The maximum absolute atomic E-state index is 10.6. The standard InChI is InChI=1S/C9H10O4/c1-2-6-3-4-7(9(10)11)8(5-6)13-12/h3-5,12H,2H2,1H3,(H,10,11). The Hall–Kier alpha value is -1.55. The SMILES string of the molecule is CCc1ccc(C(=O)O)c(OO)c1. The Labute approximate surface area is 75.3 Å². The quantitative estimate of drug-likeness (QED) is 0.552. The molecule has 1 aromatic rings. The minimum absolute atomic E-state index is 0.0214. The van der Waals surface area contributed by atoms with Crippen molar-refractivity contribution in [3.63, 3.8) is 0 Å². The Kier molecular flexibility index (Phi) is 2.87. The summed E-state index contributed by atoms with van der Waals surface area (Å²) in [5, 5.41) is 17.1. The van der Waals surface area contributed by atoms with Crippen LogP contribution in [0.2, 0.25) is 0 Å². The molecule has 0 heterocycles. The van der Waals surface area contributed by atoms with Gasteiger partial charge in [0.25, 0.3) is 0 Å². The van der Waals surface area contributed by atoms with Gasteiger partial charge in [0.05, 0.1) is 0 Å². The number of carboxylic acid groups (broad SMARTS) is 1. The van der Waals surface area contributed by atoms with E-state index in [0.717, 1.165) is 12.0 Å². The van der Waals surface area contributed by atoms with Gasteiger partial charge in [-0.2, -0.15) is 0 Å². The Balaban J connectivity index is 3.15. The van der Waals surface area contributed by atoms with Gasteiger partial charge in [-0.3, -0.25) is 0 Å². The molecule has 1 rings (SSSR count). The van der Waals surface area contributed by atoms with Crippen molar-refractivity contribution >= 4 is 5.97 Å². The molecule has 0 aliphatic rings. The van der Waals surface area contributed by atoms with Crippen molar-refractivity contribution in [2.24, 2.45) is 0 Å². The average Bonchev–Trinajstić information content (AvgIpc) is 2.16. The number of hydrogen-bond donors (Lipinski definition) is 2. The molecular formula is C9H10O4. The first-order valence-electron chi connectivity index (χ1n) is 3.86. The molecule has 0 aliphatic carbocycles. The summed E-state index contributed by atoms with van der Waals surface area (Å²) in [4.78, 5) is 14.6. The van der Waals surface area contributed by atoms with Gasteiger partial charge in [-0.25, -0.2) is 10.1 Å².